The number of anilines is 2. The maximum atomic E-state index is 12.8. The second-order valence-electron chi connectivity index (χ2n) is 4.05. The normalized spacial score (nSPS) is 12.0. The molecule has 0 radical (unpaired) electrons. The Labute approximate surface area is 119 Å². The number of sulfonamides is 1. The van der Waals surface area contributed by atoms with Crippen LogP contribution in [0.1, 0.15) is 12.0 Å². The fraction of sp³-hybridized carbons (Fsp3) is 0.364. The number of ether oxygens (including phenoxy) is 1. The summed E-state index contributed by atoms with van der Waals surface area (Å²) in [6, 6.07) is 2.67. The number of esters is 1. The number of carbonyl (C=O) groups excluding carboxylic acids is 1. The number of carbonyl (C=O) groups is 1. The molecule has 0 saturated heterocycles. The molecule has 0 saturated carbocycles. The first kappa shape index (κ1) is 17.1. The molecule has 1 aromatic rings. The molecule has 0 amide bonds. The van der Waals surface area contributed by atoms with E-state index in [9.17, 15) is 26.4 Å². The van der Waals surface area contributed by atoms with E-state index in [0.29, 0.717) is 6.07 Å². The second kappa shape index (κ2) is 6.20. The van der Waals surface area contributed by atoms with Crippen molar-refractivity contribution in [1.29, 1.82) is 0 Å². The maximum absolute atomic E-state index is 12.8. The molecule has 0 aliphatic rings. The lowest BCUT2D eigenvalue weighted by Crippen LogP contribution is -2.21. The first-order valence-corrected chi connectivity index (χ1v) is 7.24. The van der Waals surface area contributed by atoms with Crippen molar-refractivity contribution < 1.29 is 31.1 Å². The number of nitrogen functional groups attached to an aromatic ring is 1. The summed E-state index contributed by atoms with van der Waals surface area (Å²) in [6.45, 7) is 0. The summed E-state index contributed by atoms with van der Waals surface area (Å²) in [6.07, 6.45) is -5.24. The fourth-order valence-corrected chi connectivity index (χ4v) is 2.47. The van der Waals surface area contributed by atoms with E-state index in [-0.39, 0.29) is 5.69 Å². The van der Waals surface area contributed by atoms with Gasteiger partial charge in [0.25, 0.3) is 0 Å². The molecule has 1 rings (SSSR count). The van der Waals surface area contributed by atoms with Crippen molar-refractivity contribution in [2.24, 2.45) is 0 Å². The monoisotopic (exact) mass is 326 g/mol. The molecule has 10 heteroatoms. The number of methoxy groups -OCH3 is 1. The van der Waals surface area contributed by atoms with Crippen LogP contribution in [0.25, 0.3) is 0 Å². The van der Waals surface area contributed by atoms with Crippen molar-refractivity contribution in [2.45, 2.75) is 12.6 Å². The smallest absolute Gasteiger partial charge is 0.418 e. The molecule has 6 nitrogen and oxygen atoms in total. The predicted octanol–water partition coefficient (Wildman–Crippen LogP) is 1.59. The summed E-state index contributed by atoms with van der Waals surface area (Å²) >= 11 is 0. The Hall–Kier alpha value is -1.97. The minimum Gasteiger partial charge on any atom is -0.469 e. The van der Waals surface area contributed by atoms with Crippen LogP contribution in [0.2, 0.25) is 0 Å². The van der Waals surface area contributed by atoms with Crippen LogP contribution in [-0.2, 0) is 25.7 Å². The van der Waals surface area contributed by atoms with Gasteiger partial charge in [0.2, 0.25) is 10.0 Å². The Bertz CT molecular complexity index is 629. The van der Waals surface area contributed by atoms with E-state index in [1.807, 2.05) is 0 Å². The number of nitrogens with two attached hydrogens (primary N) is 1. The van der Waals surface area contributed by atoms with Crippen molar-refractivity contribution >= 4 is 27.4 Å². The largest absolute Gasteiger partial charge is 0.469 e. The van der Waals surface area contributed by atoms with Gasteiger partial charge < -0.3 is 10.5 Å². The summed E-state index contributed by atoms with van der Waals surface area (Å²) in [5.74, 6) is -1.48. The third-order valence-electron chi connectivity index (χ3n) is 2.42. The summed E-state index contributed by atoms with van der Waals surface area (Å²) in [7, 11) is -3.05. The number of hydrogen-bond acceptors (Lipinski definition) is 5. The van der Waals surface area contributed by atoms with E-state index in [2.05, 4.69) is 4.74 Å². The molecule has 0 heterocycles. The number of halogens is 3. The molecule has 118 valence electrons. The third-order valence-corrected chi connectivity index (χ3v) is 3.69. The molecule has 0 aliphatic heterocycles. The summed E-state index contributed by atoms with van der Waals surface area (Å²) in [4.78, 5) is 10.9. The van der Waals surface area contributed by atoms with Crippen LogP contribution in [0.5, 0.6) is 0 Å². The van der Waals surface area contributed by atoms with Crippen molar-refractivity contribution in [3.8, 4) is 0 Å². The molecular formula is C11H13F3N2O4S. The lowest BCUT2D eigenvalue weighted by Gasteiger charge is -2.15. The second-order valence-corrected chi connectivity index (χ2v) is 5.89. The highest BCUT2D eigenvalue weighted by Crippen LogP contribution is 2.36. The van der Waals surface area contributed by atoms with Gasteiger partial charge in [-0.2, -0.15) is 13.2 Å². The van der Waals surface area contributed by atoms with E-state index in [1.54, 1.807) is 4.72 Å². The molecule has 21 heavy (non-hydrogen) atoms. The van der Waals surface area contributed by atoms with Crippen LogP contribution in [0.3, 0.4) is 0 Å². The van der Waals surface area contributed by atoms with Gasteiger partial charge in [0.15, 0.2) is 0 Å². The molecule has 0 atom stereocenters. The van der Waals surface area contributed by atoms with Gasteiger partial charge in [0.1, 0.15) is 0 Å². The zero-order valence-electron chi connectivity index (χ0n) is 10.9. The molecule has 0 aliphatic carbocycles. The van der Waals surface area contributed by atoms with Crippen molar-refractivity contribution in [3.05, 3.63) is 23.8 Å². The predicted molar refractivity (Wildman–Crippen MR) is 69.9 cm³/mol. The molecule has 0 spiro atoms. The molecule has 0 fully saturated rings. The number of nitrogens with one attached hydrogen (secondary N) is 1. The van der Waals surface area contributed by atoms with Crippen molar-refractivity contribution in [1.82, 2.24) is 0 Å². The number of benzene rings is 1. The van der Waals surface area contributed by atoms with Gasteiger partial charge in [-0.25, -0.2) is 8.42 Å². The van der Waals surface area contributed by atoms with E-state index in [0.717, 1.165) is 19.2 Å². The Morgan fingerprint density at radius 1 is 1.38 bits per heavy atom. The lowest BCUT2D eigenvalue weighted by molar-refractivity contribution is -0.140. The van der Waals surface area contributed by atoms with Crippen LogP contribution in [-0.4, -0.2) is 27.2 Å². The topological polar surface area (TPSA) is 98.5 Å². The molecule has 0 bridgehead atoms. The quantitative estimate of drug-likeness (QED) is 0.632. The Balaban J connectivity index is 3.00. The molecule has 1 aromatic carbocycles. The average molecular weight is 326 g/mol. The number of rotatable bonds is 5. The Morgan fingerprint density at radius 3 is 2.52 bits per heavy atom. The van der Waals surface area contributed by atoms with Crippen LogP contribution >= 0.6 is 0 Å². The molecular weight excluding hydrogens is 313 g/mol. The van der Waals surface area contributed by atoms with Gasteiger partial charge in [-0.3, -0.25) is 9.52 Å². The Kier molecular flexibility index (Phi) is 5.05. The third kappa shape index (κ3) is 5.14. The first-order valence-electron chi connectivity index (χ1n) is 5.59. The van der Waals surface area contributed by atoms with E-state index in [4.69, 9.17) is 5.73 Å². The van der Waals surface area contributed by atoms with Crippen LogP contribution in [0, 0.1) is 0 Å². The van der Waals surface area contributed by atoms with Crippen LogP contribution < -0.4 is 10.5 Å². The highest BCUT2D eigenvalue weighted by Gasteiger charge is 2.34. The van der Waals surface area contributed by atoms with Crippen molar-refractivity contribution in [3.63, 3.8) is 0 Å². The number of hydrogen-bond donors (Lipinski definition) is 2. The van der Waals surface area contributed by atoms with Gasteiger partial charge in [-0.15, -0.1) is 0 Å². The summed E-state index contributed by atoms with van der Waals surface area (Å²) < 4.78 is 67.8. The summed E-state index contributed by atoms with van der Waals surface area (Å²) in [5, 5.41) is 0. The van der Waals surface area contributed by atoms with E-state index >= 15 is 0 Å². The van der Waals surface area contributed by atoms with Gasteiger partial charge in [-0.1, -0.05) is 0 Å². The average Bonchev–Trinajstić information content (AvgIpc) is 2.36. The zero-order chi connectivity index (χ0) is 16.3. The highest BCUT2D eigenvalue weighted by atomic mass is 32.2. The molecule has 0 aromatic heterocycles. The zero-order valence-corrected chi connectivity index (χ0v) is 11.7. The fourth-order valence-electron chi connectivity index (χ4n) is 1.42. The highest BCUT2D eigenvalue weighted by molar-refractivity contribution is 7.92. The van der Waals surface area contributed by atoms with Crippen LogP contribution in [0.4, 0.5) is 24.5 Å². The van der Waals surface area contributed by atoms with E-state index in [1.165, 1.54) is 0 Å². The van der Waals surface area contributed by atoms with Gasteiger partial charge in [0, 0.05) is 5.69 Å². The minimum absolute atomic E-state index is 0.153. The number of alkyl halides is 3. The van der Waals surface area contributed by atoms with E-state index < -0.39 is 45.6 Å². The minimum atomic E-state index is -4.77. The maximum Gasteiger partial charge on any atom is 0.418 e. The molecule has 0 unspecified atom stereocenters. The van der Waals surface area contributed by atoms with Gasteiger partial charge in [0.05, 0.1) is 30.5 Å². The van der Waals surface area contributed by atoms with Gasteiger partial charge >= 0.3 is 12.1 Å². The summed E-state index contributed by atoms with van der Waals surface area (Å²) in [5.41, 5.74) is 3.26. The Morgan fingerprint density at radius 2 is 2.00 bits per heavy atom. The first-order chi connectivity index (χ1) is 9.55. The van der Waals surface area contributed by atoms with Crippen molar-refractivity contribution in [2.75, 3.05) is 23.3 Å². The SMILES string of the molecule is COC(=O)CCS(=O)(=O)Nc1ccc(N)cc1C(F)(F)F. The lowest BCUT2D eigenvalue weighted by atomic mass is 10.1. The standard InChI is InChI=1S/C11H13F3N2O4S/c1-20-10(17)4-5-21(18,19)16-9-3-2-7(15)6-8(9)11(12,13)14/h2-3,6,16H,4-5,15H2,1H3. The van der Waals surface area contributed by atoms with Crippen LogP contribution in [0.15, 0.2) is 18.2 Å². The van der Waals surface area contributed by atoms with Gasteiger partial charge in [-0.05, 0) is 18.2 Å². The molecule has 3 N–H and O–H groups in total.